The highest BCUT2D eigenvalue weighted by Crippen LogP contribution is 1.79. The zero-order valence-corrected chi connectivity index (χ0v) is 5.59. The SMILES string of the molecule is C/C=C\C(C)=N/C(N)=O. The van der Waals surface area contributed by atoms with Gasteiger partial charge in [0, 0.05) is 5.71 Å². The number of hydrogen-bond donors (Lipinski definition) is 1. The second-order valence-electron chi connectivity index (χ2n) is 1.59. The van der Waals surface area contributed by atoms with Gasteiger partial charge in [-0.2, -0.15) is 4.99 Å². The molecule has 2 amide bonds. The standard InChI is InChI=1S/C6H10N2O/c1-3-4-5(2)8-6(7)9/h3-4H,1-2H3,(H2,7,9)/b4-3-,8-5-. The molecule has 3 heteroatoms. The number of rotatable bonds is 1. The predicted molar refractivity (Wildman–Crippen MR) is 37.5 cm³/mol. The van der Waals surface area contributed by atoms with Crippen LogP contribution in [0, 0.1) is 0 Å². The lowest BCUT2D eigenvalue weighted by molar-refractivity contribution is 0.257. The minimum atomic E-state index is -0.648. The molecule has 0 aliphatic heterocycles. The van der Waals surface area contributed by atoms with Crippen LogP contribution in [0.1, 0.15) is 13.8 Å². The smallest absolute Gasteiger partial charge is 0.338 e. The van der Waals surface area contributed by atoms with Gasteiger partial charge in [0.05, 0.1) is 0 Å². The summed E-state index contributed by atoms with van der Waals surface area (Å²) < 4.78 is 0. The van der Waals surface area contributed by atoms with E-state index in [9.17, 15) is 4.79 Å². The maximum atomic E-state index is 10.1. The van der Waals surface area contributed by atoms with Crippen molar-refractivity contribution in [3.63, 3.8) is 0 Å². The number of aliphatic imine (C=N–C) groups is 1. The Labute approximate surface area is 54.3 Å². The number of urea groups is 1. The van der Waals surface area contributed by atoms with Gasteiger partial charge in [0.15, 0.2) is 0 Å². The summed E-state index contributed by atoms with van der Waals surface area (Å²) in [6, 6.07) is -0.648. The molecule has 0 fully saturated rings. The van der Waals surface area contributed by atoms with Gasteiger partial charge in [0.1, 0.15) is 0 Å². The number of nitrogens with zero attached hydrogens (tertiary/aromatic N) is 1. The van der Waals surface area contributed by atoms with Crippen molar-refractivity contribution in [1.29, 1.82) is 0 Å². The topological polar surface area (TPSA) is 55.4 Å². The van der Waals surface area contributed by atoms with Gasteiger partial charge in [-0.15, -0.1) is 0 Å². The molecular weight excluding hydrogens is 116 g/mol. The summed E-state index contributed by atoms with van der Waals surface area (Å²) in [7, 11) is 0. The van der Waals surface area contributed by atoms with Gasteiger partial charge >= 0.3 is 6.03 Å². The Morgan fingerprint density at radius 1 is 1.67 bits per heavy atom. The Hall–Kier alpha value is -1.12. The number of hydrogen-bond acceptors (Lipinski definition) is 1. The second kappa shape index (κ2) is 3.83. The van der Waals surface area contributed by atoms with Crippen molar-refractivity contribution in [1.82, 2.24) is 0 Å². The summed E-state index contributed by atoms with van der Waals surface area (Å²) in [6.07, 6.45) is 3.51. The fraction of sp³-hybridized carbons (Fsp3) is 0.333. The van der Waals surface area contributed by atoms with Crippen molar-refractivity contribution in [3.8, 4) is 0 Å². The van der Waals surface area contributed by atoms with Crippen LogP contribution in [0.15, 0.2) is 17.1 Å². The summed E-state index contributed by atoms with van der Waals surface area (Å²) in [6.45, 7) is 3.56. The molecule has 0 radical (unpaired) electrons. The Morgan fingerprint density at radius 2 is 2.22 bits per heavy atom. The maximum absolute atomic E-state index is 10.1. The van der Waals surface area contributed by atoms with Crippen LogP contribution in [0.4, 0.5) is 4.79 Å². The van der Waals surface area contributed by atoms with E-state index < -0.39 is 6.03 Å². The fourth-order valence-electron chi connectivity index (χ4n) is 0.452. The van der Waals surface area contributed by atoms with Crippen LogP contribution in [0.2, 0.25) is 0 Å². The molecule has 0 atom stereocenters. The van der Waals surface area contributed by atoms with Gasteiger partial charge < -0.3 is 5.73 Å². The molecule has 0 unspecified atom stereocenters. The van der Waals surface area contributed by atoms with Crippen molar-refractivity contribution in [2.24, 2.45) is 10.7 Å². The Bertz CT molecular complexity index is 158. The zero-order chi connectivity index (χ0) is 7.28. The van der Waals surface area contributed by atoms with E-state index in [0.717, 1.165) is 0 Å². The minimum Gasteiger partial charge on any atom is -0.350 e. The number of allylic oxidation sites excluding steroid dienone is 2. The van der Waals surface area contributed by atoms with Crippen LogP contribution in [0.25, 0.3) is 0 Å². The quantitative estimate of drug-likeness (QED) is 0.525. The molecule has 0 saturated heterocycles. The molecule has 50 valence electrons. The van der Waals surface area contributed by atoms with E-state index >= 15 is 0 Å². The molecule has 0 bridgehead atoms. The number of primary amides is 1. The number of carbonyl (C=O) groups is 1. The normalized spacial score (nSPS) is 12.4. The highest BCUT2D eigenvalue weighted by molar-refractivity contribution is 5.99. The molecule has 0 aromatic heterocycles. The lowest BCUT2D eigenvalue weighted by Gasteiger charge is -1.84. The van der Waals surface area contributed by atoms with E-state index in [0.29, 0.717) is 5.71 Å². The number of nitrogens with two attached hydrogens (primary N) is 1. The van der Waals surface area contributed by atoms with E-state index in [2.05, 4.69) is 4.99 Å². The summed E-state index contributed by atoms with van der Waals surface area (Å²) in [5.41, 5.74) is 5.39. The van der Waals surface area contributed by atoms with E-state index in [1.165, 1.54) is 0 Å². The van der Waals surface area contributed by atoms with E-state index in [1.54, 1.807) is 19.1 Å². The molecule has 0 aromatic rings. The van der Waals surface area contributed by atoms with Crippen molar-refractivity contribution in [2.75, 3.05) is 0 Å². The lowest BCUT2D eigenvalue weighted by atomic mass is 10.4. The lowest BCUT2D eigenvalue weighted by Crippen LogP contribution is -2.06. The van der Waals surface area contributed by atoms with Gasteiger partial charge in [-0.1, -0.05) is 6.08 Å². The first-order chi connectivity index (χ1) is 4.16. The third kappa shape index (κ3) is 4.74. The summed E-state index contributed by atoms with van der Waals surface area (Å²) in [5, 5.41) is 0. The molecule has 0 saturated carbocycles. The van der Waals surface area contributed by atoms with Gasteiger partial charge in [0.2, 0.25) is 0 Å². The number of carbonyl (C=O) groups excluding carboxylic acids is 1. The van der Waals surface area contributed by atoms with Crippen LogP contribution in [-0.4, -0.2) is 11.7 Å². The molecule has 0 rings (SSSR count). The maximum Gasteiger partial charge on any atom is 0.338 e. The third-order valence-corrected chi connectivity index (χ3v) is 0.694. The predicted octanol–water partition coefficient (Wildman–Crippen LogP) is 1.10. The fourth-order valence-corrected chi connectivity index (χ4v) is 0.452. The summed E-state index contributed by atoms with van der Waals surface area (Å²) in [4.78, 5) is 13.5. The summed E-state index contributed by atoms with van der Waals surface area (Å²) >= 11 is 0. The zero-order valence-electron chi connectivity index (χ0n) is 5.59. The molecule has 0 aliphatic carbocycles. The molecule has 0 aromatic carbocycles. The Balaban J connectivity index is 4.00. The minimum absolute atomic E-state index is 0.630. The molecular formula is C6H10N2O. The van der Waals surface area contributed by atoms with Crippen LogP contribution in [-0.2, 0) is 0 Å². The van der Waals surface area contributed by atoms with E-state index in [4.69, 9.17) is 5.73 Å². The van der Waals surface area contributed by atoms with Crippen molar-refractivity contribution in [3.05, 3.63) is 12.2 Å². The van der Waals surface area contributed by atoms with Crippen LogP contribution >= 0.6 is 0 Å². The first kappa shape index (κ1) is 7.88. The van der Waals surface area contributed by atoms with E-state index in [1.807, 2.05) is 6.92 Å². The average Bonchev–Trinajstić information content (AvgIpc) is 1.63. The molecule has 0 heterocycles. The van der Waals surface area contributed by atoms with Crippen LogP contribution in [0.3, 0.4) is 0 Å². The largest absolute Gasteiger partial charge is 0.350 e. The van der Waals surface area contributed by atoms with Crippen LogP contribution < -0.4 is 5.73 Å². The van der Waals surface area contributed by atoms with Crippen LogP contribution in [0.5, 0.6) is 0 Å². The Morgan fingerprint density at radius 3 is 2.56 bits per heavy atom. The molecule has 0 spiro atoms. The van der Waals surface area contributed by atoms with Gasteiger partial charge in [-0.25, -0.2) is 4.79 Å². The molecule has 2 N–H and O–H groups in total. The van der Waals surface area contributed by atoms with Gasteiger partial charge in [-0.3, -0.25) is 0 Å². The highest BCUT2D eigenvalue weighted by atomic mass is 16.2. The highest BCUT2D eigenvalue weighted by Gasteiger charge is 1.85. The first-order valence-electron chi connectivity index (χ1n) is 2.64. The third-order valence-electron chi connectivity index (χ3n) is 0.694. The van der Waals surface area contributed by atoms with Gasteiger partial charge in [0.25, 0.3) is 0 Å². The monoisotopic (exact) mass is 126 g/mol. The van der Waals surface area contributed by atoms with E-state index in [-0.39, 0.29) is 0 Å². The van der Waals surface area contributed by atoms with Crippen molar-refractivity contribution >= 4 is 11.7 Å². The summed E-state index contributed by atoms with van der Waals surface area (Å²) in [5.74, 6) is 0. The molecule has 3 nitrogen and oxygen atoms in total. The first-order valence-corrected chi connectivity index (χ1v) is 2.64. The average molecular weight is 126 g/mol. The molecule has 0 aliphatic rings. The van der Waals surface area contributed by atoms with Gasteiger partial charge in [-0.05, 0) is 19.9 Å². The Kier molecular flexibility index (Phi) is 3.35. The number of amides is 2. The van der Waals surface area contributed by atoms with Crippen molar-refractivity contribution in [2.45, 2.75) is 13.8 Å². The second-order valence-corrected chi connectivity index (χ2v) is 1.59. The molecule has 9 heavy (non-hydrogen) atoms. The van der Waals surface area contributed by atoms with Crippen molar-refractivity contribution < 1.29 is 4.79 Å².